The molecule has 1 aromatic carbocycles. The zero-order chi connectivity index (χ0) is 18.4. The molecule has 0 fully saturated rings. The summed E-state index contributed by atoms with van der Waals surface area (Å²) in [6.07, 6.45) is 4.81. The third-order valence-corrected chi connectivity index (χ3v) is 3.76. The Morgan fingerprint density at radius 2 is 1.81 bits per heavy atom. The van der Waals surface area contributed by atoms with Gasteiger partial charge in [-0.2, -0.15) is 0 Å². The second-order valence-electron chi connectivity index (χ2n) is 5.49. The summed E-state index contributed by atoms with van der Waals surface area (Å²) in [7, 11) is 0. The maximum Gasteiger partial charge on any atom is 0.338 e. The number of rotatable bonds is 6. The lowest BCUT2D eigenvalue weighted by atomic mass is 10.1. The first-order chi connectivity index (χ1) is 12.7. The summed E-state index contributed by atoms with van der Waals surface area (Å²) in [5.74, 6) is -0.415. The van der Waals surface area contributed by atoms with E-state index in [2.05, 4.69) is 4.98 Å². The van der Waals surface area contributed by atoms with Crippen LogP contribution in [0.1, 0.15) is 33.4 Å². The highest BCUT2D eigenvalue weighted by molar-refractivity contribution is 6.04. The van der Waals surface area contributed by atoms with Crippen molar-refractivity contribution in [1.82, 2.24) is 4.98 Å². The lowest BCUT2D eigenvalue weighted by molar-refractivity contribution is 0.0526. The molecule has 0 saturated carbocycles. The van der Waals surface area contributed by atoms with E-state index in [0.717, 1.165) is 5.56 Å². The van der Waals surface area contributed by atoms with Crippen molar-refractivity contribution >= 4 is 17.6 Å². The van der Waals surface area contributed by atoms with Crippen LogP contribution >= 0.6 is 0 Å². The number of esters is 1. The molecule has 2 heterocycles. The molecule has 3 rings (SSSR count). The number of ether oxygens (including phenoxy) is 1. The molecule has 0 bridgehead atoms. The minimum atomic E-state index is -0.392. The Balaban J connectivity index is 1.90. The molecule has 0 radical (unpaired) electrons. The molecule has 6 heteroatoms. The highest BCUT2D eigenvalue weighted by atomic mass is 16.5. The van der Waals surface area contributed by atoms with Crippen LogP contribution in [-0.4, -0.2) is 23.5 Å². The van der Waals surface area contributed by atoms with Crippen molar-refractivity contribution in [2.75, 3.05) is 11.5 Å². The van der Waals surface area contributed by atoms with Gasteiger partial charge in [-0.25, -0.2) is 4.79 Å². The van der Waals surface area contributed by atoms with Crippen LogP contribution in [0.5, 0.6) is 0 Å². The number of benzene rings is 1. The largest absolute Gasteiger partial charge is 0.462 e. The van der Waals surface area contributed by atoms with Gasteiger partial charge in [-0.15, -0.1) is 0 Å². The molecule has 2 aromatic heterocycles. The van der Waals surface area contributed by atoms with E-state index >= 15 is 0 Å². The molecule has 6 nitrogen and oxygen atoms in total. The number of aromatic nitrogens is 1. The van der Waals surface area contributed by atoms with Crippen LogP contribution in [0, 0.1) is 0 Å². The van der Waals surface area contributed by atoms with Crippen LogP contribution in [0.15, 0.2) is 71.6 Å². The Hall–Kier alpha value is -3.41. The highest BCUT2D eigenvalue weighted by Gasteiger charge is 2.21. The average molecular weight is 350 g/mol. The molecule has 132 valence electrons. The van der Waals surface area contributed by atoms with Crippen LogP contribution in [-0.2, 0) is 11.3 Å². The Kier molecular flexibility index (Phi) is 5.43. The Morgan fingerprint density at radius 3 is 2.42 bits per heavy atom. The van der Waals surface area contributed by atoms with E-state index in [1.165, 1.54) is 6.26 Å². The van der Waals surface area contributed by atoms with Gasteiger partial charge in [0.05, 0.1) is 25.0 Å². The molecule has 0 N–H and O–H groups in total. The van der Waals surface area contributed by atoms with E-state index < -0.39 is 5.97 Å². The first kappa shape index (κ1) is 17.4. The number of hydrogen-bond donors (Lipinski definition) is 0. The van der Waals surface area contributed by atoms with Gasteiger partial charge in [-0.3, -0.25) is 9.78 Å². The van der Waals surface area contributed by atoms with Gasteiger partial charge in [-0.05, 0) is 61.0 Å². The quantitative estimate of drug-likeness (QED) is 0.634. The number of amides is 1. The summed E-state index contributed by atoms with van der Waals surface area (Å²) in [6, 6.07) is 13.7. The normalized spacial score (nSPS) is 10.3. The molecule has 0 saturated heterocycles. The predicted octanol–water partition coefficient (Wildman–Crippen LogP) is 3.70. The molecule has 1 amide bonds. The van der Waals surface area contributed by atoms with E-state index in [9.17, 15) is 9.59 Å². The fourth-order valence-electron chi connectivity index (χ4n) is 2.48. The monoisotopic (exact) mass is 350 g/mol. The van der Waals surface area contributed by atoms with Crippen molar-refractivity contribution < 1.29 is 18.7 Å². The van der Waals surface area contributed by atoms with Crippen LogP contribution in [0.2, 0.25) is 0 Å². The van der Waals surface area contributed by atoms with Gasteiger partial charge in [0, 0.05) is 18.1 Å². The summed E-state index contributed by atoms with van der Waals surface area (Å²) >= 11 is 0. The van der Waals surface area contributed by atoms with Crippen molar-refractivity contribution in [3.8, 4) is 0 Å². The second kappa shape index (κ2) is 8.11. The lowest BCUT2D eigenvalue weighted by Gasteiger charge is -2.22. The van der Waals surface area contributed by atoms with Gasteiger partial charge in [0.1, 0.15) is 0 Å². The number of pyridine rings is 1. The average Bonchev–Trinajstić information content (AvgIpc) is 3.22. The maximum absolute atomic E-state index is 12.9. The third-order valence-electron chi connectivity index (χ3n) is 3.76. The number of carbonyl (C=O) groups excluding carboxylic acids is 2. The van der Waals surface area contributed by atoms with Gasteiger partial charge in [0.25, 0.3) is 5.91 Å². The van der Waals surface area contributed by atoms with Crippen molar-refractivity contribution in [3.63, 3.8) is 0 Å². The Morgan fingerprint density at radius 1 is 1.08 bits per heavy atom. The van der Waals surface area contributed by atoms with Gasteiger partial charge in [-0.1, -0.05) is 0 Å². The van der Waals surface area contributed by atoms with Crippen LogP contribution in [0.4, 0.5) is 5.69 Å². The SMILES string of the molecule is CCOC(=O)c1ccc(N(Cc2ccncc2)C(=O)c2ccco2)cc1. The fourth-order valence-corrected chi connectivity index (χ4v) is 2.48. The molecule has 3 aromatic rings. The zero-order valence-electron chi connectivity index (χ0n) is 14.3. The van der Waals surface area contributed by atoms with Gasteiger partial charge >= 0.3 is 5.97 Å². The second-order valence-corrected chi connectivity index (χ2v) is 5.49. The maximum atomic E-state index is 12.9. The standard InChI is InChI=1S/C20H18N2O4/c1-2-25-20(24)16-5-7-17(8-6-16)22(14-15-9-11-21-12-10-15)19(23)18-4-3-13-26-18/h3-13H,2,14H2,1H3. The summed E-state index contributed by atoms with van der Waals surface area (Å²) < 4.78 is 10.2. The van der Waals surface area contributed by atoms with Crippen LogP contribution < -0.4 is 4.90 Å². The molecule has 26 heavy (non-hydrogen) atoms. The molecule has 0 aliphatic heterocycles. The minimum Gasteiger partial charge on any atom is -0.462 e. The van der Waals surface area contributed by atoms with E-state index in [-0.39, 0.29) is 11.7 Å². The fraction of sp³-hybridized carbons (Fsp3) is 0.150. The highest BCUT2D eigenvalue weighted by Crippen LogP contribution is 2.21. The number of carbonyl (C=O) groups is 2. The predicted molar refractivity (Wildman–Crippen MR) is 95.9 cm³/mol. The van der Waals surface area contributed by atoms with Crippen molar-refractivity contribution in [2.24, 2.45) is 0 Å². The molecular weight excluding hydrogens is 332 g/mol. The van der Waals surface area contributed by atoms with Crippen molar-refractivity contribution in [3.05, 3.63) is 84.1 Å². The molecular formula is C20H18N2O4. The minimum absolute atomic E-state index is 0.244. The van der Waals surface area contributed by atoms with Crippen LogP contribution in [0.3, 0.4) is 0 Å². The number of anilines is 1. The number of hydrogen-bond acceptors (Lipinski definition) is 5. The zero-order valence-corrected chi connectivity index (χ0v) is 14.3. The van der Waals surface area contributed by atoms with Gasteiger partial charge in [0.15, 0.2) is 5.76 Å². The summed E-state index contributed by atoms with van der Waals surface area (Å²) in [5, 5.41) is 0. The molecule has 0 aliphatic rings. The number of nitrogens with zero attached hydrogens (tertiary/aromatic N) is 2. The van der Waals surface area contributed by atoms with Gasteiger partial charge in [0.2, 0.25) is 0 Å². The lowest BCUT2D eigenvalue weighted by Crippen LogP contribution is -2.30. The van der Waals surface area contributed by atoms with Gasteiger partial charge < -0.3 is 14.1 Å². The summed E-state index contributed by atoms with van der Waals surface area (Å²) in [5.41, 5.74) is 2.01. The molecule has 0 unspecified atom stereocenters. The first-order valence-electron chi connectivity index (χ1n) is 8.20. The number of furan rings is 1. The van der Waals surface area contributed by atoms with E-state index in [0.29, 0.717) is 24.4 Å². The van der Waals surface area contributed by atoms with Crippen LogP contribution in [0.25, 0.3) is 0 Å². The first-order valence-corrected chi connectivity index (χ1v) is 8.20. The summed E-state index contributed by atoms with van der Waals surface area (Å²) in [4.78, 5) is 30.3. The molecule has 0 aliphatic carbocycles. The third kappa shape index (κ3) is 3.97. The molecule has 0 atom stereocenters. The Bertz CT molecular complexity index is 859. The topological polar surface area (TPSA) is 72.6 Å². The van der Waals surface area contributed by atoms with Crippen molar-refractivity contribution in [2.45, 2.75) is 13.5 Å². The van der Waals surface area contributed by atoms with Crippen molar-refractivity contribution in [1.29, 1.82) is 0 Å². The van der Waals surface area contributed by atoms with E-state index in [1.807, 2.05) is 12.1 Å². The Labute approximate surface area is 151 Å². The van der Waals surface area contributed by atoms with E-state index in [4.69, 9.17) is 9.15 Å². The summed E-state index contributed by atoms with van der Waals surface area (Å²) in [6.45, 7) is 2.41. The van der Waals surface area contributed by atoms with E-state index in [1.54, 1.807) is 60.6 Å². The molecule has 0 spiro atoms. The smallest absolute Gasteiger partial charge is 0.338 e.